The van der Waals surface area contributed by atoms with E-state index in [0.717, 1.165) is 0 Å². The fourth-order valence-electron chi connectivity index (χ4n) is 1.51. The van der Waals surface area contributed by atoms with E-state index in [2.05, 4.69) is 4.98 Å². The van der Waals surface area contributed by atoms with Gasteiger partial charge in [0.1, 0.15) is 5.82 Å². The smallest absolute Gasteiger partial charge is 0.337 e. The Morgan fingerprint density at radius 1 is 1.59 bits per heavy atom. The number of carbonyl (C=O) groups is 1. The second kappa shape index (κ2) is 4.58. The number of aromatic carboxylic acids is 1. The summed E-state index contributed by atoms with van der Waals surface area (Å²) >= 11 is 0. The third kappa shape index (κ3) is 3.60. The third-order valence-electron chi connectivity index (χ3n) is 2.17. The molecule has 94 valence electrons. The van der Waals surface area contributed by atoms with E-state index in [0.29, 0.717) is 12.4 Å². The minimum absolute atomic E-state index is 0.0117. The van der Waals surface area contributed by atoms with Gasteiger partial charge in [-0.15, -0.1) is 0 Å². The van der Waals surface area contributed by atoms with Crippen LogP contribution in [0, 0.1) is 0 Å². The number of hydrogen-bond donors (Lipinski definition) is 3. The monoisotopic (exact) mass is 239 g/mol. The Labute approximate surface area is 99.7 Å². The zero-order valence-corrected chi connectivity index (χ0v) is 10.1. The minimum atomic E-state index is -1.09. The van der Waals surface area contributed by atoms with Gasteiger partial charge in [0.05, 0.1) is 23.0 Å². The Morgan fingerprint density at radius 3 is 2.65 bits per heavy atom. The van der Waals surface area contributed by atoms with Crippen molar-refractivity contribution < 1.29 is 15.0 Å². The van der Waals surface area contributed by atoms with Crippen LogP contribution in [0.25, 0.3) is 0 Å². The first-order valence-corrected chi connectivity index (χ1v) is 5.13. The second-order valence-electron chi connectivity index (χ2n) is 4.60. The van der Waals surface area contributed by atoms with E-state index < -0.39 is 11.6 Å². The first-order valence-electron chi connectivity index (χ1n) is 5.13. The number of carboxylic acids is 1. The summed E-state index contributed by atoms with van der Waals surface area (Å²) in [6.45, 7) is 3.67. The highest BCUT2D eigenvalue weighted by atomic mass is 16.4. The SMILES string of the molecule is CN(CC(C)(C)O)c1cc(C(=O)O)c(N)cn1. The molecule has 4 N–H and O–H groups in total. The second-order valence-corrected chi connectivity index (χ2v) is 4.60. The molecule has 17 heavy (non-hydrogen) atoms. The number of aliphatic hydroxyl groups is 1. The van der Waals surface area contributed by atoms with Gasteiger partial charge in [-0.3, -0.25) is 0 Å². The van der Waals surface area contributed by atoms with Crippen LogP contribution in [0.15, 0.2) is 12.3 Å². The van der Waals surface area contributed by atoms with Crippen LogP contribution in [0.1, 0.15) is 24.2 Å². The molecule has 0 unspecified atom stereocenters. The molecule has 0 aromatic carbocycles. The van der Waals surface area contributed by atoms with Gasteiger partial charge in [0.15, 0.2) is 0 Å². The molecular weight excluding hydrogens is 222 g/mol. The first kappa shape index (κ1) is 13.2. The molecule has 0 atom stereocenters. The normalized spacial score (nSPS) is 11.3. The molecule has 0 aliphatic carbocycles. The standard InChI is InChI=1S/C11H17N3O3/c1-11(2,17)6-14(3)9-4-7(10(15)16)8(12)5-13-9/h4-5,17H,6,12H2,1-3H3,(H,15,16). The molecule has 1 heterocycles. The van der Waals surface area contributed by atoms with Crippen molar-refractivity contribution >= 4 is 17.5 Å². The van der Waals surface area contributed by atoms with E-state index in [1.165, 1.54) is 12.3 Å². The average molecular weight is 239 g/mol. The number of rotatable bonds is 4. The Morgan fingerprint density at radius 2 is 2.18 bits per heavy atom. The molecule has 0 bridgehead atoms. The van der Waals surface area contributed by atoms with Crippen molar-refractivity contribution in [1.29, 1.82) is 0 Å². The van der Waals surface area contributed by atoms with Gasteiger partial charge in [-0.25, -0.2) is 9.78 Å². The van der Waals surface area contributed by atoms with Crippen molar-refractivity contribution in [2.75, 3.05) is 24.2 Å². The maximum atomic E-state index is 10.9. The summed E-state index contributed by atoms with van der Waals surface area (Å²) in [6.07, 6.45) is 1.31. The van der Waals surface area contributed by atoms with Gasteiger partial charge in [-0.2, -0.15) is 0 Å². The summed E-state index contributed by atoms with van der Waals surface area (Å²) in [5, 5.41) is 18.6. The highest BCUT2D eigenvalue weighted by molar-refractivity contribution is 5.94. The molecular formula is C11H17N3O3. The van der Waals surface area contributed by atoms with Crippen LogP contribution in [0.3, 0.4) is 0 Å². The van der Waals surface area contributed by atoms with Crippen molar-refractivity contribution in [3.8, 4) is 0 Å². The Bertz CT molecular complexity index is 426. The zero-order chi connectivity index (χ0) is 13.2. The number of carboxylic acid groups (broad SMARTS) is 1. The first-order chi connectivity index (χ1) is 7.70. The third-order valence-corrected chi connectivity index (χ3v) is 2.17. The van der Waals surface area contributed by atoms with Gasteiger partial charge in [0, 0.05) is 13.6 Å². The number of pyridine rings is 1. The lowest BCUT2D eigenvalue weighted by molar-refractivity contribution is 0.0698. The fourth-order valence-corrected chi connectivity index (χ4v) is 1.51. The van der Waals surface area contributed by atoms with Crippen LogP contribution in [0.4, 0.5) is 11.5 Å². The molecule has 0 saturated carbocycles. The molecule has 6 nitrogen and oxygen atoms in total. The maximum absolute atomic E-state index is 10.9. The summed E-state index contributed by atoms with van der Waals surface area (Å²) in [7, 11) is 1.72. The van der Waals surface area contributed by atoms with Crippen LogP contribution >= 0.6 is 0 Å². The summed E-state index contributed by atoms with van der Waals surface area (Å²) in [6, 6.07) is 1.39. The van der Waals surface area contributed by atoms with Crippen molar-refractivity contribution in [1.82, 2.24) is 4.98 Å². The summed E-state index contributed by atoms with van der Waals surface area (Å²) in [5.41, 5.74) is 4.75. The predicted molar refractivity (Wildman–Crippen MR) is 65.2 cm³/mol. The van der Waals surface area contributed by atoms with Crippen LogP contribution < -0.4 is 10.6 Å². The Balaban J connectivity index is 3.00. The van der Waals surface area contributed by atoms with Crippen LogP contribution in [0.2, 0.25) is 0 Å². The number of anilines is 2. The predicted octanol–water partition coefficient (Wildman–Crippen LogP) is 0.569. The van der Waals surface area contributed by atoms with E-state index in [4.69, 9.17) is 10.8 Å². The van der Waals surface area contributed by atoms with Gasteiger partial charge in [0.25, 0.3) is 0 Å². The van der Waals surface area contributed by atoms with E-state index in [-0.39, 0.29) is 11.3 Å². The van der Waals surface area contributed by atoms with Crippen molar-refractivity contribution in [3.05, 3.63) is 17.8 Å². The van der Waals surface area contributed by atoms with Gasteiger partial charge >= 0.3 is 5.97 Å². The van der Waals surface area contributed by atoms with E-state index >= 15 is 0 Å². The molecule has 0 spiro atoms. The van der Waals surface area contributed by atoms with Gasteiger partial charge < -0.3 is 20.8 Å². The Hall–Kier alpha value is -1.82. The highest BCUT2D eigenvalue weighted by Crippen LogP contribution is 2.18. The fraction of sp³-hybridized carbons (Fsp3) is 0.455. The number of nitrogens with zero attached hydrogens (tertiary/aromatic N) is 2. The molecule has 0 aliphatic heterocycles. The molecule has 1 aromatic rings. The molecule has 1 aromatic heterocycles. The number of aromatic nitrogens is 1. The number of nitrogen functional groups attached to an aromatic ring is 1. The lowest BCUT2D eigenvalue weighted by atomic mass is 10.1. The number of hydrogen-bond acceptors (Lipinski definition) is 5. The quantitative estimate of drug-likeness (QED) is 0.710. The van der Waals surface area contributed by atoms with Crippen molar-refractivity contribution in [2.45, 2.75) is 19.4 Å². The lowest BCUT2D eigenvalue weighted by Crippen LogP contribution is -2.36. The summed E-state index contributed by atoms with van der Waals surface area (Å²) in [5.74, 6) is -0.637. The summed E-state index contributed by atoms with van der Waals surface area (Å²) in [4.78, 5) is 16.6. The maximum Gasteiger partial charge on any atom is 0.337 e. The summed E-state index contributed by atoms with van der Waals surface area (Å²) < 4.78 is 0. The van der Waals surface area contributed by atoms with Crippen molar-refractivity contribution in [3.63, 3.8) is 0 Å². The molecule has 0 amide bonds. The van der Waals surface area contributed by atoms with Gasteiger partial charge in [-0.1, -0.05) is 0 Å². The molecule has 0 aliphatic rings. The Kier molecular flexibility index (Phi) is 3.57. The zero-order valence-electron chi connectivity index (χ0n) is 10.1. The van der Waals surface area contributed by atoms with Gasteiger partial charge in [0.2, 0.25) is 0 Å². The molecule has 0 radical (unpaired) electrons. The molecule has 0 saturated heterocycles. The largest absolute Gasteiger partial charge is 0.478 e. The minimum Gasteiger partial charge on any atom is -0.478 e. The number of nitrogens with two attached hydrogens (primary N) is 1. The van der Waals surface area contributed by atoms with Crippen molar-refractivity contribution in [2.24, 2.45) is 0 Å². The average Bonchev–Trinajstić information content (AvgIpc) is 2.14. The van der Waals surface area contributed by atoms with E-state index in [1.807, 2.05) is 0 Å². The topological polar surface area (TPSA) is 99.7 Å². The van der Waals surface area contributed by atoms with Crippen LogP contribution in [-0.4, -0.2) is 40.4 Å². The number of likely N-dealkylation sites (N-methyl/N-ethyl adjacent to an activating group) is 1. The lowest BCUT2D eigenvalue weighted by Gasteiger charge is -2.26. The highest BCUT2D eigenvalue weighted by Gasteiger charge is 2.18. The molecule has 6 heteroatoms. The van der Waals surface area contributed by atoms with E-state index in [9.17, 15) is 9.90 Å². The van der Waals surface area contributed by atoms with Gasteiger partial charge in [-0.05, 0) is 19.9 Å². The van der Waals surface area contributed by atoms with E-state index in [1.54, 1.807) is 25.8 Å². The van der Waals surface area contributed by atoms with Crippen LogP contribution in [-0.2, 0) is 0 Å². The molecule has 1 rings (SSSR count). The molecule has 0 fully saturated rings. The van der Waals surface area contributed by atoms with Crippen LogP contribution in [0.5, 0.6) is 0 Å².